The van der Waals surface area contributed by atoms with E-state index >= 15 is 0 Å². The molecule has 1 aliphatic rings. The Labute approximate surface area is 115 Å². The molecule has 0 atom stereocenters. The molecule has 2 rings (SSSR count). The summed E-state index contributed by atoms with van der Waals surface area (Å²) in [5.41, 5.74) is 1.02. The van der Waals surface area contributed by atoms with Crippen molar-refractivity contribution >= 4 is 15.9 Å². The fourth-order valence-electron chi connectivity index (χ4n) is 2.43. The molecule has 0 saturated carbocycles. The maximum atomic E-state index is 13.9. The zero-order valence-electron chi connectivity index (χ0n) is 10.6. The van der Waals surface area contributed by atoms with Crippen LogP contribution in [0.2, 0.25) is 0 Å². The lowest BCUT2D eigenvalue weighted by Crippen LogP contribution is -2.27. The maximum Gasteiger partial charge on any atom is 0.198 e. The molecule has 0 aliphatic carbocycles. The van der Waals surface area contributed by atoms with Gasteiger partial charge in [-0.1, -0.05) is 0 Å². The Balaban J connectivity index is 2.47. The molecule has 3 nitrogen and oxygen atoms in total. The van der Waals surface area contributed by atoms with Gasteiger partial charge in [0.1, 0.15) is 0 Å². The van der Waals surface area contributed by atoms with Crippen LogP contribution >= 0.6 is 15.9 Å². The number of methoxy groups -OCH3 is 2. The van der Waals surface area contributed by atoms with E-state index in [-0.39, 0.29) is 5.75 Å². The van der Waals surface area contributed by atoms with E-state index in [4.69, 9.17) is 9.47 Å². The third-order valence-corrected chi connectivity index (χ3v) is 3.92. The van der Waals surface area contributed by atoms with E-state index in [1.54, 1.807) is 7.11 Å². The number of piperidine rings is 1. The molecule has 0 aromatic heterocycles. The topological polar surface area (TPSA) is 30.5 Å². The molecule has 0 bridgehead atoms. The predicted octanol–water partition coefficient (Wildman–Crippen LogP) is 3.07. The highest BCUT2D eigenvalue weighted by Gasteiger charge is 2.25. The molecular weight excluding hydrogens is 301 g/mol. The van der Waals surface area contributed by atoms with Gasteiger partial charge in [0.05, 0.1) is 18.7 Å². The Kier molecular flexibility index (Phi) is 4.45. The van der Waals surface area contributed by atoms with Gasteiger partial charge >= 0.3 is 0 Å². The Morgan fingerprint density at radius 3 is 2.39 bits per heavy atom. The van der Waals surface area contributed by atoms with Crippen LogP contribution in [0.1, 0.15) is 24.3 Å². The van der Waals surface area contributed by atoms with Crippen LogP contribution in [0.15, 0.2) is 10.5 Å². The van der Waals surface area contributed by atoms with E-state index in [0.717, 1.165) is 31.5 Å². The van der Waals surface area contributed by atoms with Gasteiger partial charge in [0, 0.05) is 5.56 Å². The molecular formula is C13H17BrFNO2. The number of benzene rings is 1. The van der Waals surface area contributed by atoms with Crippen molar-refractivity contribution in [1.29, 1.82) is 0 Å². The molecule has 5 heteroatoms. The first kappa shape index (κ1) is 13.6. The first-order valence-electron chi connectivity index (χ1n) is 5.99. The second-order valence-electron chi connectivity index (χ2n) is 4.35. The van der Waals surface area contributed by atoms with Crippen LogP contribution in [0.4, 0.5) is 4.39 Å². The zero-order valence-corrected chi connectivity index (χ0v) is 12.1. The molecule has 100 valence electrons. The van der Waals surface area contributed by atoms with Gasteiger partial charge in [0.15, 0.2) is 17.3 Å². The van der Waals surface area contributed by atoms with Crippen LogP contribution in [0, 0.1) is 5.82 Å². The second kappa shape index (κ2) is 5.89. The highest BCUT2D eigenvalue weighted by molar-refractivity contribution is 9.10. The third kappa shape index (κ3) is 2.47. The fourth-order valence-corrected chi connectivity index (χ4v) is 2.86. The van der Waals surface area contributed by atoms with Gasteiger partial charge < -0.3 is 14.8 Å². The van der Waals surface area contributed by atoms with Crippen molar-refractivity contribution in [2.24, 2.45) is 0 Å². The average Bonchev–Trinajstić information content (AvgIpc) is 2.42. The first-order valence-corrected chi connectivity index (χ1v) is 6.79. The Bertz CT molecular complexity index is 433. The molecule has 1 aromatic carbocycles. The van der Waals surface area contributed by atoms with Crippen molar-refractivity contribution in [2.75, 3.05) is 27.3 Å². The number of halogens is 2. The van der Waals surface area contributed by atoms with Crippen molar-refractivity contribution in [2.45, 2.75) is 18.8 Å². The van der Waals surface area contributed by atoms with E-state index in [9.17, 15) is 4.39 Å². The molecule has 1 aliphatic heterocycles. The summed E-state index contributed by atoms with van der Waals surface area (Å²) in [6, 6.07) is 1.81. The summed E-state index contributed by atoms with van der Waals surface area (Å²) in [5, 5.41) is 3.32. The van der Waals surface area contributed by atoms with Gasteiger partial charge in [-0.3, -0.25) is 0 Å². The summed E-state index contributed by atoms with van der Waals surface area (Å²) in [5.74, 6) is 0.671. The van der Waals surface area contributed by atoms with Crippen LogP contribution in [-0.2, 0) is 0 Å². The smallest absolute Gasteiger partial charge is 0.198 e. The molecule has 0 radical (unpaired) electrons. The quantitative estimate of drug-likeness (QED) is 0.929. The summed E-state index contributed by atoms with van der Waals surface area (Å²) in [4.78, 5) is 0. The summed E-state index contributed by atoms with van der Waals surface area (Å²) in [6.07, 6.45) is 2.05. The Hall–Kier alpha value is -0.810. The SMILES string of the molecule is COc1c(C2CCNCC2)cc(Br)c(F)c1OC. The van der Waals surface area contributed by atoms with E-state index in [0.29, 0.717) is 16.1 Å². The minimum atomic E-state index is -0.410. The number of ether oxygens (including phenoxy) is 2. The Morgan fingerprint density at radius 2 is 1.83 bits per heavy atom. The monoisotopic (exact) mass is 317 g/mol. The molecule has 1 heterocycles. The number of rotatable bonds is 3. The molecule has 18 heavy (non-hydrogen) atoms. The molecule has 1 saturated heterocycles. The lowest BCUT2D eigenvalue weighted by molar-refractivity contribution is 0.328. The van der Waals surface area contributed by atoms with Crippen molar-refractivity contribution in [3.63, 3.8) is 0 Å². The van der Waals surface area contributed by atoms with Crippen molar-refractivity contribution < 1.29 is 13.9 Å². The summed E-state index contributed by atoms with van der Waals surface area (Å²) < 4.78 is 24.8. The molecule has 1 aromatic rings. The van der Waals surface area contributed by atoms with Gasteiger partial charge in [0.25, 0.3) is 0 Å². The molecule has 1 fully saturated rings. The van der Waals surface area contributed by atoms with Crippen LogP contribution < -0.4 is 14.8 Å². The van der Waals surface area contributed by atoms with E-state index in [2.05, 4.69) is 21.2 Å². The summed E-state index contributed by atoms with van der Waals surface area (Å²) in [6.45, 7) is 1.95. The molecule has 0 amide bonds. The molecule has 0 spiro atoms. The van der Waals surface area contributed by atoms with Crippen LogP contribution in [0.25, 0.3) is 0 Å². The fraction of sp³-hybridized carbons (Fsp3) is 0.538. The standard InChI is InChI=1S/C13H17BrFNO2/c1-17-12-9(8-3-5-16-6-4-8)7-10(14)11(15)13(12)18-2/h7-8,16H,3-6H2,1-2H3. The van der Waals surface area contributed by atoms with E-state index < -0.39 is 5.82 Å². The highest BCUT2D eigenvalue weighted by Crippen LogP contribution is 2.43. The van der Waals surface area contributed by atoms with Crippen molar-refractivity contribution in [3.8, 4) is 11.5 Å². The highest BCUT2D eigenvalue weighted by atomic mass is 79.9. The van der Waals surface area contributed by atoms with E-state index in [1.807, 2.05) is 6.07 Å². The lowest BCUT2D eigenvalue weighted by atomic mass is 9.89. The van der Waals surface area contributed by atoms with Gasteiger partial charge in [-0.2, -0.15) is 0 Å². The minimum absolute atomic E-state index is 0.181. The largest absolute Gasteiger partial charge is 0.492 e. The number of hydrogen-bond acceptors (Lipinski definition) is 3. The average molecular weight is 318 g/mol. The zero-order chi connectivity index (χ0) is 13.1. The number of nitrogens with one attached hydrogen (secondary N) is 1. The van der Waals surface area contributed by atoms with Crippen LogP contribution in [-0.4, -0.2) is 27.3 Å². The van der Waals surface area contributed by atoms with Gasteiger partial charge in [-0.15, -0.1) is 0 Å². The summed E-state index contributed by atoms with van der Waals surface area (Å²) in [7, 11) is 3.01. The van der Waals surface area contributed by atoms with Gasteiger partial charge in [-0.05, 0) is 53.8 Å². The van der Waals surface area contributed by atoms with E-state index in [1.165, 1.54) is 7.11 Å². The van der Waals surface area contributed by atoms with Gasteiger partial charge in [-0.25, -0.2) is 4.39 Å². The minimum Gasteiger partial charge on any atom is -0.492 e. The summed E-state index contributed by atoms with van der Waals surface area (Å²) >= 11 is 3.24. The predicted molar refractivity (Wildman–Crippen MR) is 72.0 cm³/mol. The lowest BCUT2D eigenvalue weighted by Gasteiger charge is -2.25. The number of hydrogen-bond donors (Lipinski definition) is 1. The third-order valence-electron chi connectivity index (χ3n) is 3.35. The van der Waals surface area contributed by atoms with Crippen LogP contribution in [0.5, 0.6) is 11.5 Å². The first-order chi connectivity index (χ1) is 8.69. The molecule has 0 unspecified atom stereocenters. The van der Waals surface area contributed by atoms with Crippen LogP contribution in [0.3, 0.4) is 0 Å². The molecule has 1 N–H and O–H groups in total. The Morgan fingerprint density at radius 1 is 1.22 bits per heavy atom. The van der Waals surface area contributed by atoms with Gasteiger partial charge in [0.2, 0.25) is 0 Å². The van der Waals surface area contributed by atoms with Crippen molar-refractivity contribution in [3.05, 3.63) is 21.9 Å². The van der Waals surface area contributed by atoms with Crippen molar-refractivity contribution in [1.82, 2.24) is 5.32 Å². The normalized spacial score (nSPS) is 16.7. The maximum absolute atomic E-state index is 13.9. The second-order valence-corrected chi connectivity index (χ2v) is 5.21.